The minimum atomic E-state index is -1.09. The van der Waals surface area contributed by atoms with Crippen LogP contribution in [0.15, 0.2) is 17.0 Å². The number of ether oxygens (including phenoxy) is 1. The molecule has 0 aliphatic heterocycles. The van der Waals surface area contributed by atoms with Crippen molar-refractivity contribution >= 4 is 29.2 Å². The highest BCUT2D eigenvalue weighted by molar-refractivity contribution is 7.09. The average molecular weight is 410 g/mol. The number of aryl methyl sites for hydroxylation is 2. The van der Waals surface area contributed by atoms with Crippen LogP contribution in [0.1, 0.15) is 46.9 Å². The van der Waals surface area contributed by atoms with Crippen molar-refractivity contribution in [2.75, 3.05) is 6.61 Å². The molecule has 0 bridgehead atoms. The summed E-state index contributed by atoms with van der Waals surface area (Å²) in [4.78, 5) is 28.7. The summed E-state index contributed by atoms with van der Waals surface area (Å²) in [6.45, 7) is 7.98. The van der Waals surface area contributed by atoms with Gasteiger partial charge in [-0.25, -0.2) is 9.78 Å². The molecule has 2 aromatic rings. The Labute approximate surface area is 173 Å². The summed E-state index contributed by atoms with van der Waals surface area (Å²) in [7, 11) is 0. The third kappa shape index (κ3) is 5.18. The Balaban J connectivity index is 2.11. The number of hydrogen-bond donors (Lipinski definition) is 0. The molecule has 0 fully saturated rings. The number of carbonyl (C=O) groups excluding carboxylic acids is 2. The second-order valence-electron chi connectivity index (χ2n) is 6.58. The molecule has 0 spiro atoms. The highest BCUT2D eigenvalue weighted by Gasteiger charge is 2.25. The fourth-order valence-corrected chi connectivity index (χ4v) is 3.76. The van der Waals surface area contributed by atoms with Crippen molar-refractivity contribution in [3.8, 4) is 12.1 Å². The van der Waals surface area contributed by atoms with E-state index < -0.39 is 24.3 Å². The SMILES string of the molecule is CCCn1c(C)cc(/C=C(\C#N)C(=O)OCC(=O)C(C#N)c2nc(C)cs2)c1C. The first-order valence-electron chi connectivity index (χ1n) is 9.12. The maximum absolute atomic E-state index is 12.3. The zero-order chi connectivity index (χ0) is 21.6. The van der Waals surface area contributed by atoms with E-state index in [0.29, 0.717) is 10.7 Å². The van der Waals surface area contributed by atoms with E-state index in [4.69, 9.17) is 4.74 Å². The lowest BCUT2D eigenvalue weighted by Crippen LogP contribution is -2.20. The highest BCUT2D eigenvalue weighted by Crippen LogP contribution is 2.22. The number of esters is 1. The first kappa shape index (κ1) is 22.1. The molecule has 0 amide bonds. The number of ketones is 1. The van der Waals surface area contributed by atoms with Crippen LogP contribution in [0.2, 0.25) is 0 Å². The number of carbonyl (C=O) groups is 2. The Morgan fingerprint density at radius 2 is 2.07 bits per heavy atom. The predicted molar refractivity (Wildman–Crippen MR) is 109 cm³/mol. The summed E-state index contributed by atoms with van der Waals surface area (Å²) >= 11 is 1.21. The van der Waals surface area contributed by atoms with Crippen LogP contribution in [0.25, 0.3) is 6.08 Å². The number of hydrogen-bond acceptors (Lipinski definition) is 7. The molecule has 8 heteroatoms. The van der Waals surface area contributed by atoms with Gasteiger partial charge in [0.25, 0.3) is 0 Å². The molecule has 0 aliphatic rings. The summed E-state index contributed by atoms with van der Waals surface area (Å²) in [6, 6.07) is 5.62. The van der Waals surface area contributed by atoms with Crippen LogP contribution in [-0.2, 0) is 20.9 Å². The Hall–Kier alpha value is -3.23. The van der Waals surface area contributed by atoms with Crippen LogP contribution in [-0.4, -0.2) is 27.9 Å². The zero-order valence-corrected chi connectivity index (χ0v) is 17.7. The molecule has 0 radical (unpaired) electrons. The molecule has 0 saturated heterocycles. The number of aromatic nitrogens is 2. The molecule has 0 N–H and O–H groups in total. The summed E-state index contributed by atoms with van der Waals surface area (Å²) in [6.07, 6.45) is 2.43. The summed E-state index contributed by atoms with van der Waals surface area (Å²) in [5, 5.41) is 20.7. The second-order valence-corrected chi connectivity index (χ2v) is 7.47. The van der Waals surface area contributed by atoms with Gasteiger partial charge in [0.15, 0.2) is 18.3 Å². The second kappa shape index (κ2) is 9.81. The van der Waals surface area contributed by atoms with Gasteiger partial charge in [-0.3, -0.25) is 4.79 Å². The van der Waals surface area contributed by atoms with Crippen molar-refractivity contribution in [1.29, 1.82) is 10.5 Å². The molecular weight excluding hydrogens is 388 g/mol. The van der Waals surface area contributed by atoms with E-state index in [1.54, 1.807) is 12.3 Å². The lowest BCUT2D eigenvalue weighted by molar-refractivity contribution is -0.143. The van der Waals surface area contributed by atoms with Crippen molar-refractivity contribution in [2.24, 2.45) is 0 Å². The van der Waals surface area contributed by atoms with Crippen LogP contribution in [0, 0.1) is 43.4 Å². The average Bonchev–Trinajstić information content (AvgIpc) is 3.23. The van der Waals surface area contributed by atoms with E-state index in [1.165, 1.54) is 17.4 Å². The largest absolute Gasteiger partial charge is 0.453 e. The molecule has 1 unspecified atom stereocenters. The van der Waals surface area contributed by atoms with Gasteiger partial charge in [0.05, 0.1) is 6.07 Å². The number of nitrogens with zero attached hydrogens (tertiary/aromatic N) is 4. The highest BCUT2D eigenvalue weighted by atomic mass is 32.1. The van der Waals surface area contributed by atoms with Gasteiger partial charge in [0, 0.05) is 29.0 Å². The Morgan fingerprint density at radius 3 is 2.62 bits per heavy atom. The number of Topliss-reactive ketones (excluding diaryl/α,β-unsaturated/α-hetero) is 1. The maximum Gasteiger partial charge on any atom is 0.349 e. The van der Waals surface area contributed by atoms with Crippen molar-refractivity contribution in [1.82, 2.24) is 9.55 Å². The van der Waals surface area contributed by atoms with E-state index in [9.17, 15) is 20.1 Å². The van der Waals surface area contributed by atoms with E-state index in [1.807, 2.05) is 32.1 Å². The van der Waals surface area contributed by atoms with E-state index in [2.05, 4.69) is 16.5 Å². The zero-order valence-electron chi connectivity index (χ0n) is 16.9. The van der Waals surface area contributed by atoms with E-state index >= 15 is 0 Å². The van der Waals surface area contributed by atoms with Crippen LogP contribution in [0.3, 0.4) is 0 Å². The standard InChI is InChI=1S/C21H22N4O3S/c1-5-6-25-14(3)7-16(15(25)4)8-17(9-22)21(27)28-11-19(26)18(10-23)20-24-13(2)12-29-20/h7-8,12,18H,5-6,11H2,1-4H3/b17-8+. The lowest BCUT2D eigenvalue weighted by Gasteiger charge is -2.07. The van der Waals surface area contributed by atoms with Gasteiger partial charge in [-0.05, 0) is 44.9 Å². The van der Waals surface area contributed by atoms with Gasteiger partial charge >= 0.3 is 5.97 Å². The van der Waals surface area contributed by atoms with Gasteiger partial charge in [-0.2, -0.15) is 10.5 Å². The number of thiazole rings is 1. The molecule has 7 nitrogen and oxygen atoms in total. The third-order valence-electron chi connectivity index (χ3n) is 4.38. The van der Waals surface area contributed by atoms with Crippen molar-refractivity contribution < 1.29 is 14.3 Å². The molecule has 0 aromatic carbocycles. The van der Waals surface area contributed by atoms with Gasteiger partial charge in [0.1, 0.15) is 16.6 Å². The summed E-state index contributed by atoms with van der Waals surface area (Å²) < 4.78 is 7.12. The van der Waals surface area contributed by atoms with Gasteiger partial charge in [-0.1, -0.05) is 6.92 Å². The molecule has 1 atom stereocenters. The molecule has 0 saturated carbocycles. The van der Waals surface area contributed by atoms with Crippen molar-refractivity contribution in [2.45, 2.75) is 46.6 Å². The lowest BCUT2D eigenvalue weighted by atomic mass is 10.1. The van der Waals surface area contributed by atoms with Crippen LogP contribution >= 0.6 is 11.3 Å². The summed E-state index contributed by atoms with van der Waals surface area (Å²) in [5.41, 5.74) is 3.25. The number of rotatable bonds is 8. The minimum absolute atomic E-state index is 0.201. The minimum Gasteiger partial charge on any atom is -0.453 e. The van der Waals surface area contributed by atoms with Gasteiger partial charge < -0.3 is 9.30 Å². The maximum atomic E-state index is 12.3. The molecule has 29 heavy (non-hydrogen) atoms. The third-order valence-corrected chi connectivity index (χ3v) is 5.41. The van der Waals surface area contributed by atoms with E-state index in [0.717, 1.165) is 29.9 Å². The monoisotopic (exact) mass is 410 g/mol. The molecule has 150 valence electrons. The normalized spacial score (nSPS) is 12.1. The smallest absolute Gasteiger partial charge is 0.349 e. The molecule has 2 heterocycles. The van der Waals surface area contributed by atoms with Crippen molar-refractivity contribution in [3.63, 3.8) is 0 Å². The topological polar surface area (TPSA) is 109 Å². The predicted octanol–water partition coefficient (Wildman–Crippen LogP) is 3.61. The van der Waals surface area contributed by atoms with Crippen LogP contribution < -0.4 is 0 Å². The van der Waals surface area contributed by atoms with Gasteiger partial charge in [0.2, 0.25) is 0 Å². The first-order chi connectivity index (χ1) is 13.8. The summed E-state index contributed by atoms with van der Waals surface area (Å²) in [5.74, 6) is -2.56. The quantitative estimate of drug-likeness (QED) is 0.374. The molecular formula is C21H22N4O3S. The fraction of sp³-hybridized carbons (Fsp3) is 0.381. The molecule has 2 aromatic heterocycles. The molecule has 2 rings (SSSR count). The van der Waals surface area contributed by atoms with Crippen LogP contribution in [0.4, 0.5) is 0 Å². The van der Waals surface area contributed by atoms with Crippen molar-refractivity contribution in [3.05, 3.63) is 44.7 Å². The Bertz CT molecular complexity index is 1030. The van der Waals surface area contributed by atoms with Gasteiger partial charge in [-0.15, -0.1) is 11.3 Å². The Kier molecular flexibility index (Phi) is 7.46. The van der Waals surface area contributed by atoms with Crippen LogP contribution in [0.5, 0.6) is 0 Å². The Morgan fingerprint density at radius 1 is 1.34 bits per heavy atom. The number of nitriles is 2. The molecule has 0 aliphatic carbocycles. The first-order valence-corrected chi connectivity index (χ1v) is 10.00. The fourth-order valence-electron chi connectivity index (χ4n) is 2.90. The van der Waals surface area contributed by atoms with E-state index in [-0.39, 0.29) is 5.57 Å².